The van der Waals surface area contributed by atoms with Crippen molar-refractivity contribution in [3.05, 3.63) is 88.7 Å². The molecule has 1 fully saturated rings. The molecule has 45 heavy (non-hydrogen) atoms. The van der Waals surface area contributed by atoms with Gasteiger partial charge in [-0.05, 0) is 86.4 Å². The van der Waals surface area contributed by atoms with Gasteiger partial charge in [0.2, 0.25) is 0 Å². The second kappa shape index (κ2) is 12.4. The zero-order chi connectivity index (χ0) is 32.5. The molecule has 0 radical (unpaired) electrons. The van der Waals surface area contributed by atoms with E-state index in [9.17, 15) is 31.1 Å². The standard InChI is InChI=1S/C32H29F6N3O4/c1-18-3-12-26(44-17-20-4-6-21(7-5-20)22-8-10-23(11-9-22)31(33,34)35)24(13-18)25-14-19(2)15-28(40-25)41-29(32(36,37)38)27(16-39-41)45-30(42)43/h3-7,12-16,22-23H,8-11,17H2,1-2H3,(H,42,43). The maximum absolute atomic E-state index is 13.9. The summed E-state index contributed by atoms with van der Waals surface area (Å²) in [6.45, 7) is 3.67. The van der Waals surface area contributed by atoms with Gasteiger partial charge in [-0.25, -0.2) is 14.5 Å². The molecule has 2 aromatic heterocycles. The predicted octanol–water partition coefficient (Wildman–Crippen LogP) is 9.04. The topological polar surface area (TPSA) is 86.5 Å². The number of carbonyl (C=O) groups is 1. The first-order valence-electron chi connectivity index (χ1n) is 14.1. The number of nitrogens with zero attached hydrogens (tertiary/aromatic N) is 3. The fraction of sp³-hybridized carbons (Fsp3) is 0.344. The van der Waals surface area contributed by atoms with Gasteiger partial charge in [0.25, 0.3) is 0 Å². The monoisotopic (exact) mass is 633 g/mol. The van der Waals surface area contributed by atoms with E-state index >= 15 is 0 Å². The van der Waals surface area contributed by atoms with Crippen LogP contribution >= 0.6 is 0 Å². The molecule has 0 bridgehead atoms. The summed E-state index contributed by atoms with van der Waals surface area (Å²) in [6, 6.07) is 16.0. The van der Waals surface area contributed by atoms with Gasteiger partial charge in [0.05, 0.1) is 17.8 Å². The summed E-state index contributed by atoms with van der Waals surface area (Å²) in [5.41, 5.74) is 2.61. The summed E-state index contributed by atoms with van der Waals surface area (Å²) in [7, 11) is 0. The lowest BCUT2D eigenvalue weighted by atomic mass is 9.78. The summed E-state index contributed by atoms with van der Waals surface area (Å²) in [4.78, 5) is 15.4. The molecule has 4 aromatic rings. The number of aromatic nitrogens is 3. The van der Waals surface area contributed by atoms with Crippen LogP contribution in [0.1, 0.15) is 59.5 Å². The summed E-state index contributed by atoms with van der Waals surface area (Å²) in [6.07, 6.45) is -9.18. The molecule has 0 unspecified atom stereocenters. The normalized spacial score (nSPS) is 17.2. The van der Waals surface area contributed by atoms with E-state index in [0.29, 0.717) is 46.3 Å². The minimum atomic E-state index is -5.00. The maximum atomic E-state index is 13.9. The average Bonchev–Trinajstić information content (AvgIpc) is 3.40. The number of ether oxygens (including phenoxy) is 2. The van der Waals surface area contributed by atoms with Crippen LogP contribution in [0.3, 0.4) is 0 Å². The molecule has 0 atom stereocenters. The van der Waals surface area contributed by atoms with E-state index in [-0.39, 0.29) is 31.2 Å². The lowest BCUT2D eigenvalue weighted by molar-refractivity contribution is -0.182. The number of halogens is 6. The summed E-state index contributed by atoms with van der Waals surface area (Å²) >= 11 is 0. The minimum Gasteiger partial charge on any atom is -0.488 e. The molecule has 0 saturated heterocycles. The van der Waals surface area contributed by atoms with Crippen LogP contribution in [0, 0.1) is 19.8 Å². The largest absolute Gasteiger partial charge is 0.511 e. The van der Waals surface area contributed by atoms with Crippen molar-refractivity contribution in [1.29, 1.82) is 0 Å². The SMILES string of the molecule is Cc1cc(-c2cc(C)ccc2OCc2ccc(C3CCC(C(F)(F)F)CC3)cc2)nc(-n2ncc(OC(=O)O)c2C(F)(F)F)c1. The van der Waals surface area contributed by atoms with Crippen molar-refractivity contribution < 1.29 is 45.7 Å². The Kier molecular flexibility index (Phi) is 8.81. The quantitative estimate of drug-likeness (QED) is 0.161. The molecule has 5 rings (SSSR count). The molecule has 0 amide bonds. The second-order valence-electron chi connectivity index (χ2n) is 11.1. The Bertz CT molecular complexity index is 1670. The van der Waals surface area contributed by atoms with E-state index in [1.165, 1.54) is 6.07 Å². The number of aryl methyl sites for hydroxylation is 2. The third-order valence-corrected chi connectivity index (χ3v) is 7.82. The van der Waals surface area contributed by atoms with Crippen molar-refractivity contribution in [1.82, 2.24) is 14.8 Å². The molecule has 0 aliphatic heterocycles. The van der Waals surface area contributed by atoms with Gasteiger partial charge in [-0.3, -0.25) is 0 Å². The Labute approximate surface area is 254 Å². The first kappa shape index (κ1) is 31.9. The zero-order valence-corrected chi connectivity index (χ0v) is 24.2. The highest BCUT2D eigenvalue weighted by Gasteiger charge is 2.42. The van der Waals surface area contributed by atoms with Crippen LogP contribution in [0.2, 0.25) is 0 Å². The Morgan fingerprint density at radius 1 is 0.911 bits per heavy atom. The first-order chi connectivity index (χ1) is 21.2. The Morgan fingerprint density at radius 3 is 2.22 bits per heavy atom. The first-order valence-corrected chi connectivity index (χ1v) is 14.1. The highest BCUT2D eigenvalue weighted by Crippen LogP contribution is 2.43. The second-order valence-corrected chi connectivity index (χ2v) is 11.1. The van der Waals surface area contributed by atoms with Gasteiger partial charge in [-0.1, -0.05) is 35.9 Å². The third-order valence-electron chi connectivity index (χ3n) is 7.82. The summed E-state index contributed by atoms with van der Waals surface area (Å²) < 4.78 is 91.9. The number of carboxylic acid groups (broad SMARTS) is 1. The average molecular weight is 634 g/mol. The van der Waals surface area contributed by atoms with Crippen LogP contribution in [0.15, 0.2) is 60.8 Å². The lowest BCUT2D eigenvalue weighted by Crippen LogP contribution is -2.27. The van der Waals surface area contributed by atoms with Gasteiger partial charge in [0.1, 0.15) is 12.4 Å². The number of pyridine rings is 1. The van der Waals surface area contributed by atoms with Crippen LogP contribution in [0.25, 0.3) is 17.1 Å². The van der Waals surface area contributed by atoms with Gasteiger partial charge in [-0.15, -0.1) is 0 Å². The Morgan fingerprint density at radius 2 is 1.60 bits per heavy atom. The maximum Gasteiger partial charge on any atom is 0.511 e. The van der Waals surface area contributed by atoms with Crippen molar-refractivity contribution in [2.24, 2.45) is 5.92 Å². The van der Waals surface area contributed by atoms with Crippen molar-refractivity contribution >= 4 is 6.16 Å². The molecule has 238 valence electrons. The fourth-order valence-corrected chi connectivity index (χ4v) is 5.60. The summed E-state index contributed by atoms with van der Waals surface area (Å²) in [5, 5.41) is 12.6. The van der Waals surface area contributed by atoms with Crippen molar-refractivity contribution in [2.75, 3.05) is 0 Å². The predicted molar refractivity (Wildman–Crippen MR) is 151 cm³/mol. The van der Waals surface area contributed by atoms with E-state index in [1.54, 1.807) is 25.1 Å². The van der Waals surface area contributed by atoms with Gasteiger partial charge in [0, 0.05) is 5.56 Å². The third kappa shape index (κ3) is 7.40. The van der Waals surface area contributed by atoms with E-state index in [0.717, 1.165) is 16.7 Å². The molecule has 0 spiro atoms. The number of benzene rings is 2. The molecule has 1 aliphatic rings. The van der Waals surface area contributed by atoms with Crippen LogP contribution in [0.5, 0.6) is 11.5 Å². The highest BCUT2D eigenvalue weighted by atomic mass is 19.4. The van der Waals surface area contributed by atoms with Crippen molar-refractivity contribution in [2.45, 2.75) is 64.4 Å². The number of rotatable bonds is 7. The number of hydrogen-bond donors (Lipinski definition) is 1. The van der Waals surface area contributed by atoms with Gasteiger partial charge in [-0.2, -0.15) is 31.4 Å². The molecule has 7 nitrogen and oxygen atoms in total. The van der Waals surface area contributed by atoms with Gasteiger partial charge in [0.15, 0.2) is 17.3 Å². The molecule has 2 aromatic carbocycles. The number of hydrogen-bond acceptors (Lipinski definition) is 5. The lowest BCUT2D eigenvalue weighted by Gasteiger charge is -2.30. The Balaban J connectivity index is 1.37. The van der Waals surface area contributed by atoms with Crippen LogP contribution in [0.4, 0.5) is 31.1 Å². The van der Waals surface area contributed by atoms with E-state index in [4.69, 9.17) is 9.84 Å². The van der Waals surface area contributed by atoms with E-state index in [1.807, 2.05) is 37.3 Å². The molecule has 1 saturated carbocycles. The zero-order valence-electron chi connectivity index (χ0n) is 24.2. The van der Waals surface area contributed by atoms with E-state index < -0.39 is 35.9 Å². The molecule has 1 N–H and O–H groups in total. The highest BCUT2D eigenvalue weighted by molar-refractivity contribution is 5.69. The molecular formula is C32H29F6N3O4. The van der Waals surface area contributed by atoms with Gasteiger partial charge >= 0.3 is 18.5 Å². The molecule has 1 aliphatic carbocycles. The molecular weight excluding hydrogens is 604 g/mol. The van der Waals surface area contributed by atoms with Crippen molar-refractivity contribution in [3.8, 4) is 28.6 Å². The van der Waals surface area contributed by atoms with Gasteiger partial charge < -0.3 is 14.6 Å². The molecule has 2 heterocycles. The van der Waals surface area contributed by atoms with Crippen LogP contribution < -0.4 is 9.47 Å². The Hall–Kier alpha value is -4.55. The van der Waals surface area contributed by atoms with Crippen LogP contribution in [-0.2, 0) is 12.8 Å². The van der Waals surface area contributed by atoms with Crippen molar-refractivity contribution in [3.63, 3.8) is 0 Å². The minimum absolute atomic E-state index is 0.0725. The summed E-state index contributed by atoms with van der Waals surface area (Å²) in [5.74, 6) is -1.92. The number of alkyl halides is 6. The fourth-order valence-electron chi connectivity index (χ4n) is 5.60. The van der Waals surface area contributed by atoms with E-state index in [2.05, 4.69) is 14.8 Å². The smallest absolute Gasteiger partial charge is 0.488 e. The molecule has 13 heteroatoms. The van der Waals surface area contributed by atoms with Crippen LogP contribution in [-0.4, -0.2) is 32.2 Å².